The zero-order valence-electron chi connectivity index (χ0n) is 42.5. The first kappa shape index (κ1) is 59.4. The molecule has 2 aliphatic heterocycles. The molecule has 7 aliphatic rings. The van der Waals surface area contributed by atoms with Gasteiger partial charge in [-0.25, -0.2) is 9.78 Å². The summed E-state index contributed by atoms with van der Waals surface area (Å²) in [5, 5.41) is 10.5. The van der Waals surface area contributed by atoms with Gasteiger partial charge >= 0.3 is 81.6 Å². The topological polar surface area (TPSA) is 165 Å². The Balaban J connectivity index is 0.000000205. The van der Waals surface area contributed by atoms with Crippen LogP contribution in [0.1, 0.15) is 152 Å². The summed E-state index contributed by atoms with van der Waals surface area (Å²) in [5.41, 5.74) is 5.65. The molecular weight excluding hydrogens is 1420 g/mol. The van der Waals surface area contributed by atoms with Crippen LogP contribution in [0.5, 0.6) is 0 Å². The van der Waals surface area contributed by atoms with Crippen molar-refractivity contribution in [2.75, 3.05) is 20.2 Å². The van der Waals surface area contributed by atoms with Crippen molar-refractivity contribution in [2.45, 2.75) is 171 Å². The SMILES string of the molecule is CC(I)(I)n1ccnc1.COC(=O)[C@@H]1C2C(CN1C(=O)[C@@H](C)C1CCCCC1)C2(C)C.C[C@H](C(=O)N1CC2C([C@H]1C(=O)CC(CC1CCC1)C(O)C(N)=O)C2(C)C)C1CCCCC1.C[C]([InH2])(I)I. The Kier molecular flexibility index (Phi) is 21.7. The van der Waals surface area contributed by atoms with Gasteiger partial charge in [0.1, 0.15) is 13.7 Å². The van der Waals surface area contributed by atoms with Gasteiger partial charge in [0.05, 0.1) is 19.5 Å². The van der Waals surface area contributed by atoms with Crippen LogP contribution < -0.4 is 5.73 Å². The number of Topliss-reactive ketones (excluding diaryl/α,β-unsaturated/α-hetero) is 1. The van der Waals surface area contributed by atoms with Crippen LogP contribution in [0.3, 0.4) is 0 Å². The number of methoxy groups -OCH3 is 1. The molecule has 12 nitrogen and oxygen atoms in total. The summed E-state index contributed by atoms with van der Waals surface area (Å²) in [5.74, 6) is 1.52. The third-order valence-corrected chi connectivity index (χ3v) is 18.4. The van der Waals surface area contributed by atoms with Crippen LogP contribution in [-0.2, 0) is 30.3 Å². The Morgan fingerprint density at radius 3 is 1.57 bits per heavy atom. The number of carbonyl (C=O) groups excluding carboxylic acids is 5. The van der Waals surface area contributed by atoms with Gasteiger partial charge in [-0.2, -0.15) is 0 Å². The molecule has 17 heteroatoms. The molecule has 384 valence electrons. The van der Waals surface area contributed by atoms with E-state index < -0.39 is 24.0 Å². The molecule has 0 radical (unpaired) electrons. The van der Waals surface area contributed by atoms with Crippen LogP contribution >= 0.6 is 90.4 Å². The number of piperidine rings is 2. The maximum atomic E-state index is 13.7. The monoisotopic (exact) mass is 1500 g/mol. The summed E-state index contributed by atoms with van der Waals surface area (Å²) in [6, 6.07) is -0.777. The molecule has 5 saturated carbocycles. The average Bonchev–Trinajstić information content (AvgIpc) is 3.73. The second-order valence-corrected chi connectivity index (χ2v) is 54.2. The second kappa shape index (κ2) is 24.9. The van der Waals surface area contributed by atoms with E-state index in [9.17, 15) is 29.1 Å². The van der Waals surface area contributed by atoms with Gasteiger partial charge in [0.25, 0.3) is 0 Å². The first-order valence-electron chi connectivity index (χ1n) is 25.6. The van der Waals surface area contributed by atoms with Crippen LogP contribution in [0, 0.1) is 70.0 Å². The Hall–Kier alpha value is 0.510. The summed E-state index contributed by atoms with van der Waals surface area (Å²) in [4.78, 5) is 71.8. The number of primary amides is 1. The molecule has 10 atom stereocenters. The third-order valence-electron chi connectivity index (χ3n) is 17.3. The Labute approximate surface area is 477 Å². The number of ether oxygens (including phenoxy) is 1. The van der Waals surface area contributed by atoms with Gasteiger partial charge in [0.2, 0.25) is 17.7 Å². The van der Waals surface area contributed by atoms with Crippen molar-refractivity contribution in [2.24, 2.45) is 75.7 Å². The number of aromatic nitrogens is 2. The van der Waals surface area contributed by atoms with Gasteiger partial charge in [-0.05, 0) is 131 Å². The van der Waals surface area contributed by atoms with E-state index in [-0.39, 0.29) is 72.1 Å². The number of alkyl halides is 4. The molecule has 7 fully saturated rings. The number of ketones is 1. The zero-order valence-corrected chi connectivity index (χ0v) is 56.9. The number of likely N-dealkylation sites (tertiary alicyclic amines) is 2. The number of imidazole rings is 1. The third kappa shape index (κ3) is 15.1. The number of carbonyl (C=O) groups is 5. The molecular formula is C51H82I4InN5O7. The Morgan fingerprint density at radius 2 is 1.22 bits per heavy atom. The van der Waals surface area contributed by atoms with Crippen molar-refractivity contribution in [3.8, 4) is 0 Å². The van der Waals surface area contributed by atoms with Crippen molar-refractivity contribution in [1.29, 1.82) is 0 Å². The summed E-state index contributed by atoms with van der Waals surface area (Å²) in [7, 11) is 1.43. The number of nitrogens with two attached hydrogens (primary N) is 1. The molecule has 3 amide bonds. The Bertz CT molecular complexity index is 1870. The fraction of sp³-hybridized carbons (Fsp3) is 0.843. The van der Waals surface area contributed by atoms with Crippen LogP contribution in [0.25, 0.3) is 0 Å². The standard InChI is InChI=1S/C26H42N2O4.C18H29NO3.C5H6I2N2.C2H3I2.In.2H/c1-15(17-10-5-4-6-11-17)25(32)28-14-19-21(26(19,2)3)22(28)20(29)13-18(23(30)24(27)31)12-16-8-7-9-16;1-11(12-8-6-5-7-9-12)16(20)19-10-13-14(18(13,2)3)15(19)17(21)22-4;1-5(6,7)9-3-2-8-4-9;1-2(3)4;;;/h15-19,21-23,30H,4-14H2,1-3H3,(H2,27,31);11-15H,5-10H2,1-4H3;2-4H,1H3;1H3;;;/t15-,18?,19?,21?,22+,23?;11-,13?,14?,15-;;;;;/m00...../s1. The van der Waals surface area contributed by atoms with Gasteiger partial charge in [-0.15, -0.1) is 0 Å². The molecule has 6 unspecified atom stereocenters. The number of nitrogens with zero attached hydrogens (tertiary/aromatic N) is 4. The number of hydrogen-bond acceptors (Lipinski definition) is 8. The molecule has 0 bridgehead atoms. The van der Waals surface area contributed by atoms with Gasteiger partial charge in [0.15, 0.2) is 5.78 Å². The quantitative estimate of drug-likeness (QED) is 0.112. The van der Waals surface area contributed by atoms with E-state index in [0.29, 0.717) is 41.7 Å². The van der Waals surface area contributed by atoms with E-state index in [2.05, 4.69) is 144 Å². The van der Waals surface area contributed by atoms with Crippen LogP contribution in [0.15, 0.2) is 18.7 Å². The summed E-state index contributed by atoms with van der Waals surface area (Å²) in [6.45, 7) is 18.7. The van der Waals surface area contributed by atoms with Gasteiger partial charge in [-0.1, -0.05) is 99.3 Å². The predicted octanol–water partition coefficient (Wildman–Crippen LogP) is 9.70. The molecule has 1 aromatic rings. The fourth-order valence-corrected chi connectivity index (χ4v) is 13.1. The molecule has 68 heavy (non-hydrogen) atoms. The molecule has 2 saturated heterocycles. The van der Waals surface area contributed by atoms with E-state index in [0.717, 1.165) is 69.4 Å². The zero-order chi connectivity index (χ0) is 50.7. The molecule has 5 aliphatic carbocycles. The molecule has 3 N–H and O–H groups in total. The first-order chi connectivity index (χ1) is 31.6. The number of hydrogen-bond donors (Lipinski definition) is 2. The number of aliphatic hydroxyl groups excluding tert-OH is 1. The van der Waals surface area contributed by atoms with E-state index in [1.54, 1.807) is 6.20 Å². The molecule has 1 aromatic heterocycles. The van der Waals surface area contributed by atoms with Crippen LogP contribution in [0.4, 0.5) is 0 Å². The first-order valence-corrected chi connectivity index (χ1v) is 32.7. The number of rotatable bonds is 13. The number of fused-ring (bicyclic) bond motifs is 2. The van der Waals surface area contributed by atoms with Crippen LogP contribution in [0.2, 0.25) is 0 Å². The van der Waals surface area contributed by atoms with Crippen molar-refractivity contribution >= 4 is 144 Å². The molecule has 0 spiro atoms. The number of aliphatic hydroxyl groups is 1. The van der Waals surface area contributed by atoms with Crippen molar-refractivity contribution in [3.05, 3.63) is 18.7 Å². The van der Waals surface area contributed by atoms with Gasteiger partial charge in [-0.3, -0.25) is 19.2 Å². The number of esters is 1. The minimum absolute atomic E-state index is 0.0110. The molecule has 3 heterocycles. The maximum absolute atomic E-state index is 13.7. The number of halogens is 4. The number of amides is 3. The van der Waals surface area contributed by atoms with Gasteiger partial charge in [0, 0.05) is 55.6 Å². The van der Waals surface area contributed by atoms with Crippen molar-refractivity contribution in [3.63, 3.8) is 0 Å². The second-order valence-electron chi connectivity index (χ2n) is 23.1. The van der Waals surface area contributed by atoms with E-state index in [1.165, 1.54) is 52.1 Å². The average molecular weight is 1500 g/mol. The van der Waals surface area contributed by atoms with E-state index in [1.807, 2.05) is 33.8 Å². The normalized spacial score (nSPS) is 29.0. The van der Waals surface area contributed by atoms with E-state index in [4.69, 9.17) is 10.5 Å². The fourth-order valence-electron chi connectivity index (χ4n) is 12.6. The minimum atomic E-state index is -1.30. The summed E-state index contributed by atoms with van der Waals surface area (Å²) in [6.07, 6.45) is 20.3. The van der Waals surface area contributed by atoms with Crippen molar-refractivity contribution in [1.82, 2.24) is 19.4 Å². The van der Waals surface area contributed by atoms with E-state index >= 15 is 0 Å². The summed E-state index contributed by atoms with van der Waals surface area (Å²) >= 11 is 10.4. The Morgan fingerprint density at radius 1 is 0.779 bits per heavy atom. The summed E-state index contributed by atoms with van der Waals surface area (Å²) < 4.78 is 7.81. The predicted molar refractivity (Wildman–Crippen MR) is 305 cm³/mol. The van der Waals surface area contributed by atoms with Crippen molar-refractivity contribution < 1.29 is 33.8 Å². The molecule has 8 rings (SSSR count). The van der Waals surface area contributed by atoms with Gasteiger partial charge < -0.3 is 29.9 Å². The molecule has 0 aromatic carbocycles. The van der Waals surface area contributed by atoms with Crippen LogP contribution in [-0.4, -0.2) is 116 Å².